The molecule has 28 heavy (non-hydrogen) atoms. The summed E-state index contributed by atoms with van der Waals surface area (Å²) in [5, 5.41) is 14.7. The minimum atomic E-state index is -1.20. The monoisotopic (exact) mass is 400 g/mol. The van der Waals surface area contributed by atoms with Crippen molar-refractivity contribution in [2.45, 2.75) is 6.42 Å². The second-order valence-corrected chi connectivity index (χ2v) is 6.88. The minimum absolute atomic E-state index is 0.164. The number of rotatable bonds is 7. The Morgan fingerprint density at radius 1 is 1.21 bits per heavy atom. The lowest BCUT2D eigenvalue weighted by molar-refractivity contribution is 0.209. The Bertz CT molecular complexity index is 989. The van der Waals surface area contributed by atoms with Crippen LogP contribution in [0.1, 0.15) is 6.42 Å². The van der Waals surface area contributed by atoms with Crippen molar-refractivity contribution < 1.29 is 19.4 Å². The summed E-state index contributed by atoms with van der Waals surface area (Å²) in [5.41, 5.74) is 0.776. The van der Waals surface area contributed by atoms with Crippen LogP contribution in [-0.2, 0) is 0 Å². The van der Waals surface area contributed by atoms with Crippen molar-refractivity contribution in [3.8, 4) is 11.5 Å². The fourth-order valence-electron chi connectivity index (χ4n) is 2.65. The van der Waals surface area contributed by atoms with Gasteiger partial charge in [-0.3, -0.25) is 9.88 Å². The maximum Gasteiger partial charge on any atom is 0.410 e. The van der Waals surface area contributed by atoms with Crippen LogP contribution >= 0.6 is 11.8 Å². The Kier molecular flexibility index (Phi) is 6.38. The summed E-state index contributed by atoms with van der Waals surface area (Å²) in [7, 11) is 0. The molecule has 3 N–H and O–H groups in total. The molecule has 0 saturated carbocycles. The number of carbonyl (C=O) groups excluding carboxylic acids is 1. The van der Waals surface area contributed by atoms with Crippen LogP contribution in [0.5, 0.6) is 11.5 Å². The lowest BCUT2D eigenvalue weighted by atomic mass is 10.2. The zero-order chi connectivity index (χ0) is 19.9. The Labute approximate surface area is 165 Å². The fraction of sp³-hybridized carbons (Fsp3) is 0.211. The van der Waals surface area contributed by atoms with E-state index in [2.05, 4.69) is 15.6 Å². The molecule has 0 atom stereocenters. The first-order valence-corrected chi connectivity index (χ1v) is 9.98. The number of carboxylic acid groups (broad SMARTS) is 1. The van der Waals surface area contributed by atoms with Gasteiger partial charge in [-0.25, -0.2) is 14.6 Å². The summed E-state index contributed by atoms with van der Waals surface area (Å²) in [4.78, 5) is 27.0. The van der Waals surface area contributed by atoms with Crippen LogP contribution in [0.15, 0.2) is 48.8 Å². The third kappa shape index (κ3) is 4.95. The summed E-state index contributed by atoms with van der Waals surface area (Å²) in [6.07, 6.45) is 4.95. The van der Waals surface area contributed by atoms with E-state index in [-0.39, 0.29) is 11.8 Å². The number of benzene rings is 1. The molecule has 0 saturated heterocycles. The molecule has 0 unspecified atom stereocenters. The van der Waals surface area contributed by atoms with Gasteiger partial charge in [0, 0.05) is 30.4 Å². The molecule has 0 spiro atoms. The van der Waals surface area contributed by atoms with Crippen LogP contribution in [0.3, 0.4) is 0 Å². The average molecular weight is 400 g/mol. The molecule has 0 aliphatic carbocycles. The molecule has 2 amide bonds. The van der Waals surface area contributed by atoms with Gasteiger partial charge >= 0.3 is 12.1 Å². The number of hydrogen-bond acceptors (Lipinski definition) is 5. The number of ether oxygens (including phenoxy) is 1. The molecule has 2 aromatic heterocycles. The van der Waals surface area contributed by atoms with Gasteiger partial charge in [0.1, 0.15) is 17.3 Å². The van der Waals surface area contributed by atoms with Crippen LogP contribution < -0.4 is 15.4 Å². The lowest BCUT2D eigenvalue weighted by Crippen LogP contribution is -2.29. The van der Waals surface area contributed by atoms with Crippen molar-refractivity contribution in [2.24, 2.45) is 0 Å². The number of aromatic nitrogens is 2. The second-order valence-electron chi connectivity index (χ2n) is 5.89. The molecule has 3 rings (SSSR count). The van der Waals surface area contributed by atoms with E-state index in [9.17, 15) is 9.59 Å². The van der Waals surface area contributed by atoms with Crippen molar-refractivity contribution >= 4 is 40.6 Å². The van der Waals surface area contributed by atoms with Crippen LogP contribution in [0.25, 0.3) is 10.9 Å². The molecular weight excluding hydrogens is 380 g/mol. The number of fused-ring (bicyclic) bond motifs is 1. The van der Waals surface area contributed by atoms with Gasteiger partial charge in [-0.15, -0.1) is 0 Å². The maximum atomic E-state index is 12.3. The molecule has 0 aliphatic rings. The SMILES string of the molecule is CSCCCNC(=O)n1ccc2cc(Oc3ccnc(NC(=O)O)c3)ccc21. The third-order valence-electron chi connectivity index (χ3n) is 3.88. The van der Waals surface area contributed by atoms with E-state index < -0.39 is 6.09 Å². The molecule has 1 aromatic carbocycles. The Balaban J connectivity index is 1.71. The maximum absolute atomic E-state index is 12.3. The van der Waals surface area contributed by atoms with Gasteiger partial charge in [-0.05, 0) is 48.8 Å². The van der Waals surface area contributed by atoms with E-state index in [4.69, 9.17) is 9.84 Å². The number of hydrogen-bond donors (Lipinski definition) is 3. The first kappa shape index (κ1) is 19.6. The molecule has 9 heteroatoms. The molecule has 0 radical (unpaired) electrons. The number of nitrogens with zero attached hydrogens (tertiary/aromatic N) is 2. The molecule has 0 fully saturated rings. The molecular formula is C19H20N4O4S. The van der Waals surface area contributed by atoms with Gasteiger partial charge in [-0.2, -0.15) is 11.8 Å². The lowest BCUT2D eigenvalue weighted by Gasteiger charge is -2.09. The number of thioether (sulfide) groups is 1. The highest BCUT2D eigenvalue weighted by Crippen LogP contribution is 2.27. The fourth-order valence-corrected chi connectivity index (χ4v) is 3.08. The summed E-state index contributed by atoms with van der Waals surface area (Å²) in [6, 6.07) is 10.2. The molecule has 146 valence electrons. The van der Waals surface area contributed by atoms with E-state index in [0.717, 1.165) is 23.1 Å². The van der Waals surface area contributed by atoms with Crippen molar-refractivity contribution in [1.82, 2.24) is 14.9 Å². The van der Waals surface area contributed by atoms with E-state index in [1.54, 1.807) is 34.7 Å². The van der Waals surface area contributed by atoms with Gasteiger partial charge < -0.3 is 15.2 Å². The predicted molar refractivity (Wildman–Crippen MR) is 110 cm³/mol. The highest BCUT2D eigenvalue weighted by Gasteiger charge is 2.10. The van der Waals surface area contributed by atoms with Crippen molar-refractivity contribution in [3.05, 3.63) is 48.8 Å². The number of nitrogens with one attached hydrogen (secondary N) is 2. The van der Waals surface area contributed by atoms with Gasteiger partial charge in [0.15, 0.2) is 0 Å². The molecule has 8 nitrogen and oxygen atoms in total. The van der Waals surface area contributed by atoms with Gasteiger partial charge in [-0.1, -0.05) is 0 Å². The summed E-state index contributed by atoms with van der Waals surface area (Å²) >= 11 is 1.75. The Morgan fingerprint density at radius 3 is 2.82 bits per heavy atom. The first-order valence-electron chi connectivity index (χ1n) is 8.59. The third-order valence-corrected chi connectivity index (χ3v) is 4.58. The largest absolute Gasteiger partial charge is 0.465 e. The summed E-state index contributed by atoms with van der Waals surface area (Å²) < 4.78 is 7.35. The molecule has 3 aromatic rings. The number of carbonyl (C=O) groups is 2. The Hall–Kier alpha value is -3.20. The minimum Gasteiger partial charge on any atom is -0.465 e. The smallest absolute Gasteiger partial charge is 0.410 e. The van der Waals surface area contributed by atoms with Crippen molar-refractivity contribution in [2.75, 3.05) is 23.9 Å². The number of amides is 2. The molecule has 2 heterocycles. The van der Waals surface area contributed by atoms with Crippen molar-refractivity contribution in [1.29, 1.82) is 0 Å². The zero-order valence-corrected chi connectivity index (χ0v) is 16.0. The molecule has 0 aliphatic heterocycles. The van der Waals surface area contributed by atoms with Crippen LogP contribution in [0.4, 0.5) is 15.4 Å². The Morgan fingerprint density at radius 2 is 2.04 bits per heavy atom. The van der Waals surface area contributed by atoms with E-state index in [0.29, 0.717) is 18.0 Å². The zero-order valence-electron chi connectivity index (χ0n) is 15.2. The summed E-state index contributed by atoms with van der Waals surface area (Å²) in [5.74, 6) is 2.20. The highest BCUT2D eigenvalue weighted by molar-refractivity contribution is 7.98. The van der Waals surface area contributed by atoms with E-state index in [1.807, 2.05) is 24.5 Å². The normalized spacial score (nSPS) is 10.6. The van der Waals surface area contributed by atoms with Crippen LogP contribution in [0, 0.1) is 0 Å². The van der Waals surface area contributed by atoms with Crippen LogP contribution in [0.2, 0.25) is 0 Å². The van der Waals surface area contributed by atoms with E-state index in [1.165, 1.54) is 12.3 Å². The van der Waals surface area contributed by atoms with Crippen molar-refractivity contribution in [3.63, 3.8) is 0 Å². The first-order chi connectivity index (χ1) is 13.6. The number of anilines is 1. The quantitative estimate of drug-likeness (QED) is 0.513. The average Bonchev–Trinajstić information content (AvgIpc) is 3.08. The van der Waals surface area contributed by atoms with Gasteiger partial charge in [0.25, 0.3) is 0 Å². The second kappa shape index (κ2) is 9.14. The highest BCUT2D eigenvalue weighted by atomic mass is 32.2. The number of pyridine rings is 1. The standard InChI is InChI=1S/C19H20N4O4S/c1-28-10-2-7-21-18(24)23-9-6-13-11-14(3-4-16(13)23)27-15-5-8-20-17(12-15)22-19(25)26/h3-6,8-9,11-12H,2,7,10H2,1H3,(H,20,22)(H,21,24)(H,25,26). The predicted octanol–water partition coefficient (Wildman–Crippen LogP) is 4.23. The van der Waals surface area contributed by atoms with E-state index >= 15 is 0 Å². The van der Waals surface area contributed by atoms with Crippen LogP contribution in [-0.4, -0.2) is 45.3 Å². The molecule has 0 bridgehead atoms. The van der Waals surface area contributed by atoms with Gasteiger partial charge in [0.05, 0.1) is 5.52 Å². The topological polar surface area (TPSA) is 105 Å². The van der Waals surface area contributed by atoms with Gasteiger partial charge in [0.2, 0.25) is 0 Å². The summed E-state index contributed by atoms with van der Waals surface area (Å²) in [6.45, 7) is 0.634.